The third-order valence-corrected chi connectivity index (χ3v) is 4.07. The Kier molecular flexibility index (Phi) is 4.12. The van der Waals surface area contributed by atoms with Crippen molar-refractivity contribution < 1.29 is 9.13 Å². The molecule has 96 valence electrons. The van der Waals surface area contributed by atoms with E-state index in [4.69, 9.17) is 33.7 Å². The molecule has 1 aromatic carbocycles. The molecule has 0 bridgehead atoms. The SMILES string of the molecule is COc1cc(C(N)c2cc(Cl)sc2Cl)ccc1F. The first-order chi connectivity index (χ1) is 8.52. The molecule has 2 aromatic rings. The first-order valence-electron chi connectivity index (χ1n) is 5.06. The second kappa shape index (κ2) is 5.45. The molecule has 0 radical (unpaired) electrons. The van der Waals surface area contributed by atoms with Crippen molar-refractivity contribution in [3.63, 3.8) is 0 Å². The second-order valence-corrected chi connectivity index (χ2v) is 5.94. The van der Waals surface area contributed by atoms with Gasteiger partial charge in [0.05, 0.1) is 21.8 Å². The van der Waals surface area contributed by atoms with E-state index in [0.717, 1.165) is 5.56 Å². The predicted octanol–water partition coefficient (Wildman–Crippen LogP) is 4.25. The minimum absolute atomic E-state index is 0.153. The van der Waals surface area contributed by atoms with Gasteiger partial charge in [-0.1, -0.05) is 29.3 Å². The van der Waals surface area contributed by atoms with E-state index in [9.17, 15) is 4.39 Å². The molecule has 0 amide bonds. The monoisotopic (exact) mass is 305 g/mol. The summed E-state index contributed by atoms with van der Waals surface area (Å²) in [6.07, 6.45) is 0. The number of methoxy groups -OCH3 is 1. The van der Waals surface area contributed by atoms with Gasteiger partial charge >= 0.3 is 0 Å². The van der Waals surface area contributed by atoms with E-state index in [-0.39, 0.29) is 5.75 Å². The number of nitrogens with two attached hydrogens (primary N) is 1. The van der Waals surface area contributed by atoms with Crippen LogP contribution < -0.4 is 10.5 Å². The van der Waals surface area contributed by atoms with Crippen LogP contribution >= 0.6 is 34.5 Å². The third-order valence-electron chi connectivity index (χ3n) is 2.55. The van der Waals surface area contributed by atoms with Crippen LogP contribution in [0.25, 0.3) is 0 Å². The van der Waals surface area contributed by atoms with Crippen LogP contribution in [0.3, 0.4) is 0 Å². The first-order valence-corrected chi connectivity index (χ1v) is 6.64. The number of halogens is 3. The number of ether oxygens (including phenoxy) is 1. The van der Waals surface area contributed by atoms with Crippen molar-refractivity contribution in [2.45, 2.75) is 6.04 Å². The molecular formula is C12H10Cl2FNOS. The van der Waals surface area contributed by atoms with Crippen LogP contribution in [0.5, 0.6) is 5.75 Å². The molecule has 2 N–H and O–H groups in total. The fourth-order valence-corrected chi connectivity index (χ4v) is 3.16. The van der Waals surface area contributed by atoms with Gasteiger partial charge in [0.15, 0.2) is 11.6 Å². The lowest BCUT2D eigenvalue weighted by Gasteiger charge is -2.13. The van der Waals surface area contributed by atoms with Crippen molar-refractivity contribution in [1.29, 1.82) is 0 Å². The Balaban J connectivity index is 2.39. The maximum atomic E-state index is 13.3. The van der Waals surface area contributed by atoms with Crippen LogP contribution in [0.2, 0.25) is 8.67 Å². The van der Waals surface area contributed by atoms with E-state index in [1.165, 1.54) is 24.5 Å². The van der Waals surface area contributed by atoms with Crippen molar-refractivity contribution >= 4 is 34.5 Å². The average Bonchev–Trinajstić information content (AvgIpc) is 2.68. The highest BCUT2D eigenvalue weighted by Crippen LogP contribution is 2.37. The lowest BCUT2D eigenvalue weighted by molar-refractivity contribution is 0.385. The number of rotatable bonds is 3. The van der Waals surface area contributed by atoms with Crippen LogP contribution in [-0.2, 0) is 0 Å². The van der Waals surface area contributed by atoms with Crippen molar-refractivity contribution in [3.05, 3.63) is 49.9 Å². The van der Waals surface area contributed by atoms with Gasteiger partial charge in [0.2, 0.25) is 0 Å². The Morgan fingerprint density at radius 3 is 2.61 bits per heavy atom. The van der Waals surface area contributed by atoms with Gasteiger partial charge in [0.1, 0.15) is 0 Å². The maximum absolute atomic E-state index is 13.3. The van der Waals surface area contributed by atoms with Gasteiger partial charge in [-0.05, 0) is 23.8 Å². The molecule has 2 nitrogen and oxygen atoms in total. The van der Waals surface area contributed by atoms with E-state index in [1.807, 2.05) is 0 Å². The van der Waals surface area contributed by atoms with E-state index >= 15 is 0 Å². The highest BCUT2D eigenvalue weighted by molar-refractivity contribution is 7.20. The van der Waals surface area contributed by atoms with Gasteiger partial charge in [-0.25, -0.2) is 4.39 Å². The van der Waals surface area contributed by atoms with Gasteiger partial charge < -0.3 is 10.5 Å². The van der Waals surface area contributed by atoms with Crippen LogP contribution in [0.1, 0.15) is 17.2 Å². The molecule has 0 saturated carbocycles. The summed E-state index contributed by atoms with van der Waals surface area (Å²) in [4.78, 5) is 0. The molecule has 1 aromatic heterocycles. The summed E-state index contributed by atoms with van der Waals surface area (Å²) in [5, 5.41) is 0. The Hall–Kier alpha value is -0.810. The zero-order valence-corrected chi connectivity index (χ0v) is 11.7. The molecule has 0 aliphatic carbocycles. The molecule has 2 rings (SSSR count). The van der Waals surface area contributed by atoms with Gasteiger partial charge in [-0.3, -0.25) is 0 Å². The Morgan fingerprint density at radius 2 is 2.06 bits per heavy atom. The van der Waals surface area contributed by atoms with Crippen molar-refractivity contribution in [1.82, 2.24) is 0 Å². The predicted molar refractivity (Wildman–Crippen MR) is 73.3 cm³/mol. The highest BCUT2D eigenvalue weighted by atomic mass is 35.5. The average molecular weight is 306 g/mol. The Morgan fingerprint density at radius 1 is 1.33 bits per heavy atom. The number of hydrogen-bond acceptors (Lipinski definition) is 3. The summed E-state index contributed by atoms with van der Waals surface area (Å²) in [5.74, 6) is -0.275. The van der Waals surface area contributed by atoms with Crippen molar-refractivity contribution in [2.75, 3.05) is 7.11 Å². The van der Waals surface area contributed by atoms with Gasteiger partial charge in [-0.15, -0.1) is 11.3 Å². The zero-order chi connectivity index (χ0) is 13.3. The zero-order valence-electron chi connectivity index (χ0n) is 9.41. The Bertz CT molecular complexity index is 573. The molecule has 0 spiro atoms. The fourth-order valence-electron chi connectivity index (χ4n) is 1.61. The molecule has 1 heterocycles. The lowest BCUT2D eigenvalue weighted by atomic mass is 10.0. The molecular weight excluding hydrogens is 296 g/mol. The van der Waals surface area contributed by atoms with E-state index in [2.05, 4.69) is 0 Å². The second-order valence-electron chi connectivity index (χ2n) is 3.65. The number of benzene rings is 1. The molecule has 0 fully saturated rings. The number of thiophene rings is 1. The van der Waals surface area contributed by atoms with E-state index in [0.29, 0.717) is 14.2 Å². The van der Waals surface area contributed by atoms with Gasteiger partial charge in [0.25, 0.3) is 0 Å². The minimum Gasteiger partial charge on any atom is -0.494 e. The quantitative estimate of drug-likeness (QED) is 0.920. The molecule has 1 atom stereocenters. The van der Waals surface area contributed by atoms with Gasteiger partial charge in [-0.2, -0.15) is 0 Å². The summed E-state index contributed by atoms with van der Waals surface area (Å²) >= 11 is 13.2. The topological polar surface area (TPSA) is 35.2 Å². The lowest BCUT2D eigenvalue weighted by Crippen LogP contribution is -2.11. The fraction of sp³-hybridized carbons (Fsp3) is 0.167. The normalized spacial score (nSPS) is 12.5. The summed E-state index contributed by atoms with van der Waals surface area (Å²) < 4.78 is 19.3. The molecule has 0 aliphatic rings. The van der Waals surface area contributed by atoms with Crippen LogP contribution in [0, 0.1) is 5.82 Å². The van der Waals surface area contributed by atoms with E-state index < -0.39 is 11.9 Å². The van der Waals surface area contributed by atoms with Crippen LogP contribution in [0.4, 0.5) is 4.39 Å². The standard InChI is InChI=1S/C12H10Cl2FNOS/c1-17-9-4-6(2-3-8(9)15)11(16)7-5-10(13)18-12(7)14/h2-5,11H,16H2,1H3. The third kappa shape index (κ3) is 2.62. The van der Waals surface area contributed by atoms with Crippen molar-refractivity contribution in [3.8, 4) is 5.75 Å². The summed E-state index contributed by atoms with van der Waals surface area (Å²) in [7, 11) is 1.40. The maximum Gasteiger partial charge on any atom is 0.165 e. The van der Waals surface area contributed by atoms with Gasteiger partial charge in [0, 0.05) is 5.56 Å². The van der Waals surface area contributed by atoms with Crippen molar-refractivity contribution in [2.24, 2.45) is 5.73 Å². The largest absolute Gasteiger partial charge is 0.494 e. The minimum atomic E-state index is -0.462. The molecule has 1 unspecified atom stereocenters. The molecule has 0 saturated heterocycles. The molecule has 0 aliphatic heterocycles. The van der Waals surface area contributed by atoms with Crippen LogP contribution in [0.15, 0.2) is 24.3 Å². The summed E-state index contributed by atoms with van der Waals surface area (Å²) in [6, 6.07) is 5.73. The summed E-state index contributed by atoms with van der Waals surface area (Å²) in [5.41, 5.74) is 7.52. The number of hydrogen-bond donors (Lipinski definition) is 1. The summed E-state index contributed by atoms with van der Waals surface area (Å²) in [6.45, 7) is 0. The highest BCUT2D eigenvalue weighted by Gasteiger charge is 2.17. The smallest absolute Gasteiger partial charge is 0.165 e. The molecule has 6 heteroatoms. The van der Waals surface area contributed by atoms with Crippen LogP contribution in [-0.4, -0.2) is 7.11 Å². The first kappa shape index (κ1) is 13.6. The molecule has 18 heavy (non-hydrogen) atoms. The van der Waals surface area contributed by atoms with E-state index in [1.54, 1.807) is 18.2 Å². The Labute approximate surface area is 118 Å².